The summed E-state index contributed by atoms with van der Waals surface area (Å²) in [5, 5.41) is 1.43. The van der Waals surface area contributed by atoms with Crippen LogP contribution in [0.3, 0.4) is 0 Å². The molecule has 32 heavy (non-hydrogen) atoms. The van der Waals surface area contributed by atoms with Gasteiger partial charge in [-0.1, -0.05) is 93.3 Å². The number of hydrogen-bond acceptors (Lipinski definition) is 4. The van der Waals surface area contributed by atoms with Gasteiger partial charge in [0.25, 0.3) is 0 Å². The van der Waals surface area contributed by atoms with E-state index in [4.69, 9.17) is 23.2 Å². The van der Waals surface area contributed by atoms with Crippen LogP contribution < -0.4 is 0 Å². The fourth-order valence-corrected chi connectivity index (χ4v) is 5.24. The average molecular weight is 493 g/mol. The van der Waals surface area contributed by atoms with Crippen molar-refractivity contribution in [2.24, 2.45) is 9.98 Å². The fourth-order valence-electron chi connectivity index (χ4n) is 2.74. The Bertz CT molecular complexity index is 1140. The first-order chi connectivity index (χ1) is 15.7. The molecular formula is C26H18Cl2N2S2. The smallest absolute Gasteiger partial charge is 0.0774 e. The largest absolute Gasteiger partial charge is 0.255 e. The lowest BCUT2D eigenvalue weighted by Crippen LogP contribution is -1.81. The maximum atomic E-state index is 5.96. The molecule has 2 nitrogen and oxygen atoms in total. The van der Waals surface area contributed by atoms with Crippen molar-refractivity contribution in [1.29, 1.82) is 0 Å². The van der Waals surface area contributed by atoms with Gasteiger partial charge in [0.2, 0.25) is 0 Å². The first kappa shape index (κ1) is 22.7. The molecule has 0 aliphatic carbocycles. The van der Waals surface area contributed by atoms with Crippen molar-refractivity contribution >= 4 is 68.6 Å². The van der Waals surface area contributed by atoms with Crippen LogP contribution in [0.2, 0.25) is 10.0 Å². The minimum atomic E-state index is 0.715. The summed E-state index contributed by atoms with van der Waals surface area (Å²) < 4.78 is 0. The maximum Gasteiger partial charge on any atom is 0.0774 e. The third-order valence-corrected chi connectivity index (χ3v) is 7.36. The molecule has 4 rings (SSSR count). The monoisotopic (exact) mass is 492 g/mol. The standard InChI is InChI=1S/C26H18Cl2N2S2/c27-21-13-9-19(10-14-21)17-29-23-5-1-3-7-25(23)31-32-26-8-4-2-6-24(26)30-18-20-11-15-22(28)16-12-20/h1-18H. The van der Waals surface area contributed by atoms with Gasteiger partial charge in [0.15, 0.2) is 0 Å². The van der Waals surface area contributed by atoms with E-state index in [1.54, 1.807) is 21.6 Å². The molecule has 0 spiro atoms. The highest BCUT2D eigenvalue weighted by Crippen LogP contribution is 2.44. The second-order valence-electron chi connectivity index (χ2n) is 6.72. The SMILES string of the molecule is Clc1ccc(C=Nc2ccccc2SSc2ccccc2N=Cc2ccc(Cl)cc2)cc1. The van der Waals surface area contributed by atoms with Crippen LogP contribution in [0.15, 0.2) is 117 Å². The first-order valence-corrected chi connectivity index (χ1v) is 12.7. The Morgan fingerprint density at radius 2 is 0.875 bits per heavy atom. The number of benzene rings is 4. The minimum Gasteiger partial charge on any atom is -0.255 e. The molecule has 0 radical (unpaired) electrons. The van der Waals surface area contributed by atoms with E-state index >= 15 is 0 Å². The van der Waals surface area contributed by atoms with Gasteiger partial charge in [-0.3, -0.25) is 9.98 Å². The highest BCUT2D eigenvalue weighted by Gasteiger charge is 2.06. The molecule has 0 aliphatic rings. The summed E-state index contributed by atoms with van der Waals surface area (Å²) in [7, 11) is 3.33. The lowest BCUT2D eigenvalue weighted by molar-refractivity contribution is 1.38. The Hall–Kier alpha value is -2.50. The van der Waals surface area contributed by atoms with Crippen molar-refractivity contribution < 1.29 is 0 Å². The summed E-state index contributed by atoms with van der Waals surface area (Å²) in [6, 6.07) is 31.5. The highest BCUT2D eigenvalue weighted by molar-refractivity contribution is 8.76. The van der Waals surface area contributed by atoms with Gasteiger partial charge < -0.3 is 0 Å². The number of para-hydroxylation sites is 2. The summed E-state index contributed by atoms with van der Waals surface area (Å²) in [4.78, 5) is 11.5. The molecule has 0 aliphatic heterocycles. The quantitative estimate of drug-likeness (QED) is 0.189. The van der Waals surface area contributed by atoms with Crippen LogP contribution in [0.1, 0.15) is 11.1 Å². The van der Waals surface area contributed by atoms with E-state index in [1.165, 1.54) is 0 Å². The number of halogens is 2. The fraction of sp³-hybridized carbons (Fsp3) is 0. The highest BCUT2D eigenvalue weighted by atomic mass is 35.5. The molecule has 4 aromatic rings. The third kappa shape index (κ3) is 6.50. The van der Waals surface area contributed by atoms with Crippen LogP contribution in [0.5, 0.6) is 0 Å². The molecule has 0 bridgehead atoms. The van der Waals surface area contributed by atoms with Gasteiger partial charge in [-0.15, -0.1) is 0 Å². The molecule has 0 aromatic heterocycles. The Labute approximate surface area is 205 Å². The minimum absolute atomic E-state index is 0.715. The van der Waals surface area contributed by atoms with Crippen LogP contribution in [-0.2, 0) is 0 Å². The van der Waals surface area contributed by atoms with E-state index in [-0.39, 0.29) is 0 Å². The molecule has 0 atom stereocenters. The van der Waals surface area contributed by atoms with Gasteiger partial charge in [-0.05, 0) is 59.7 Å². The molecule has 0 saturated heterocycles. The average Bonchev–Trinajstić information content (AvgIpc) is 2.83. The Morgan fingerprint density at radius 3 is 1.28 bits per heavy atom. The Kier molecular flexibility index (Phi) is 8.07. The van der Waals surface area contributed by atoms with E-state index in [2.05, 4.69) is 22.1 Å². The maximum absolute atomic E-state index is 5.96. The van der Waals surface area contributed by atoms with Crippen molar-refractivity contribution in [2.75, 3.05) is 0 Å². The molecule has 0 unspecified atom stereocenters. The van der Waals surface area contributed by atoms with Gasteiger partial charge in [-0.2, -0.15) is 0 Å². The van der Waals surface area contributed by atoms with Crippen LogP contribution >= 0.6 is 44.8 Å². The summed E-state index contributed by atoms with van der Waals surface area (Å²) >= 11 is 11.9. The molecule has 0 fully saturated rings. The summed E-state index contributed by atoms with van der Waals surface area (Å²) in [6.07, 6.45) is 3.70. The van der Waals surface area contributed by atoms with Crippen molar-refractivity contribution in [3.05, 3.63) is 118 Å². The third-order valence-electron chi connectivity index (χ3n) is 4.40. The number of rotatable bonds is 7. The van der Waals surface area contributed by atoms with Crippen molar-refractivity contribution in [1.82, 2.24) is 0 Å². The Morgan fingerprint density at radius 1 is 0.500 bits per heavy atom. The molecule has 0 amide bonds. The zero-order valence-electron chi connectivity index (χ0n) is 16.9. The molecule has 0 heterocycles. The summed E-state index contributed by atoms with van der Waals surface area (Å²) in [5.41, 5.74) is 3.84. The molecule has 0 N–H and O–H groups in total. The van der Waals surface area contributed by atoms with Crippen LogP contribution in [-0.4, -0.2) is 12.4 Å². The molecule has 4 aromatic carbocycles. The predicted molar refractivity (Wildman–Crippen MR) is 142 cm³/mol. The predicted octanol–water partition coefficient (Wildman–Crippen LogP) is 9.29. The van der Waals surface area contributed by atoms with Crippen LogP contribution in [0.25, 0.3) is 0 Å². The van der Waals surface area contributed by atoms with E-state index in [1.807, 2.05) is 97.4 Å². The molecule has 158 valence electrons. The van der Waals surface area contributed by atoms with Gasteiger partial charge in [-0.25, -0.2) is 0 Å². The van der Waals surface area contributed by atoms with E-state index in [0.717, 1.165) is 32.3 Å². The zero-order valence-corrected chi connectivity index (χ0v) is 20.0. The molecular weight excluding hydrogens is 475 g/mol. The first-order valence-electron chi connectivity index (χ1n) is 9.79. The molecule has 0 saturated carbocycles. The van der Waals surface area contributed by atoms with E-state index in [0.29, 0.717) is 10.0 Å². The van der Waals surface area contributed by atoms with Gasteiger partial charge in [0, 0.05) is 32.3 Å². The van der Waals surface area contributed by atoms with Gasteiger partial charge in [0.05, 0.1) is 11.4 Å². The topological polar surface area (TPSA) is 24.7 Å². The summed E-state index contributed by atoms with van der Waals surface area (Å²) in [5.74, 6) is 0. The number of hydrogen-bond donors (Lipinski definition) is 0. The van der Waals surface area contributed by atoms with E-state index in [9.17, 15) is 0 Å². The van der Waals surface area contributed by atoms with Crippen molar-refractivity contribution in [3.8, 4) is 0 Å². The molecule has 6 heteroatoms. The van der Waals surface area contributed by atoms with Gasteiger partial charge >= 0.3 is 0 Å². The van der Waals surface area contributed by atoms with Crippen LogP contribution in [0.4, 0.5) is 11.4 Å². The van der Waals surface area contributed by atoms with E-state index < -0.39 is 0 Å². The van der Waals surface area contributed by atoms with Crippen LogP contribution in [0, 0.1) is 0 Å². The second kappa shape index (κ2) is 11.4. The number of aliphatic imine (C=N–C) groups is 2. The lowest BCUT2D eigenvalue weighted by Gasteiger charge is -2.07. The number of nitrogens with zero attached hydrogens (tertiary/aromatic N) is 2. The summed E-state index contributed by atoms with van der Waals surface area (Å²) in [6.45, 7) is 0. The Balaban J connectivity index is 1.48. The van der Waals surface area contributed by atoms with Crippen molar-refractivity contribution in [3.63, 3.8) is 0 Å². The van der Waals surface area contributed by atoms with Gasteiger partial charge in [0.1, 0.15) is 0 Å². The van der Waals surface area contributed by atoms with Crippen molar-refractivity contribution in [2.45, 2.75) is 9.79 Å². The zero-order chi connectivity index (χ0) is 22.2. The normalized spacial score (nSPS) is 11.4. The second-order valence-corrected chi connectivity index (χ2v) is 9.81. The lowest BCUT2D eigenvalue weighted by atomic mass is 10.2.